The lowest BCUT2D eigenvalue weighted by atomic mass is 9.85. The third-order valence-electron chi connectivity index (χ3n) is 6.56. The van der Waals surface area contributed by atoms with Gasteiger partial charge < -0.3 is 24.3 Å². The molecule has 2 saturated heterocycles. The minimum Gasteiger partial charge on any atom is -0.493 e. The van der Waals surface area contributed by atoms with Crippen LogP contribution < -0.4 is 19.5 Å². The number of hydrogen-bond acceptors (Lipinski definition) is 6. The summed E-state index contributed by atoms with van der Waals surface area (Å²) >= 11 is 0. The fourth-order valence-corrected chi connectivity index (χ4v) is 5.17. The third-order valence-corrected chi connectivity index (χ3v) is 6.56. The highest BCUT2D eigenvalue weighted by molar-refractivity contribution is 5.95. The molecule has 0 bridgehead atoms. The zero-order valence-electron chi connectivity index (χ0n) is 17.6. The molecule has 2 heterocycles. The molecule has 7 nitrogen and oxygen atoms in total. The zero-order chi connectivity index (χ0) is 20.4. The lowest BCUT2D eigenvalue weighted by Crippen LogP contribution is -2.66. The second-order valence-corrected chi connectivity index (χ2v) is 8.14. The molecular weight excluding hydrogens is 372 g/mol. The van der Waals surface area contributed by atoms with E-state index in [1.54, 1.807) is 33.5 Å². The highest BCUT2D eigenvalue weighted by Crippen LogP contribution is 2.39. The van der Waals surface area contributed by atoms with Crippen LogP contribution in [0.15, 0.2) is 12.1 Å². The molecule has 1 saturated carbocycles. The molecule has 1 aliphatic carbocycles. The van der Waals surface area contributed by atoms with Crippen LogP contribution >= 0.6 is 0 Å². The molecule has 0 spiro atoms. The molecule has 4 rings (SSSR count). The average Bonchev–Trinajstić information content (AvgIpc) is 2.78. The SMILES string of the molecule is COc1cc(C(=O)NC2OC3CCCCC3N3CCCCC23)cc(OC)c1OC. The maximum Gasteiger partial charge on any atom is 0.253 e. The van der Waals surface area contributed by atoms with E-state index in [9.17, 15) is 4.79 Å². The lowest BCUT2D eigenvalue weighted by Gasteiger charge is -2.53. The Hall–Kier alpha value is -1.99. The number of morpholine rings is 1. The van der Waals surface area contributed by atoms with Crippen LogP contribution in [-0.2, 0) is 4.74 Å². The number of methoxy groups -OCH3 is 3. The minimum absolute atomic E-state index is 0.186. The first-order valence-corrected chi connectivity index (χ1v) is 10.7. The Labute approximate surface area is 172 Å². The van der Waals surface area contributed by atoms with E-state index in [1.165, 1.54) is 32.1 Å². The molecule has 160 valence electrons. The van der Waals surface area contributed by atoms with Gasteiger partial charge in [-0.15, -0.1) is 0 Å². The number of nitrogens with one attached hydrogen (secondary N) is 1. The first-order chi connectivity index (χ1) is 14.2. The Morgan fingerprint density at radius 3 is 2.31 bits per heavy atom. The summed E-state index contributed by atoms with van der Waals surface area (Å²) in [6, 6.07) is 4.11. The predicted molar refractivity (Wildman–Crippen MR) is 109 cm³/mol. The van der Waals surface area contributed by atoms with Crippen LogP contribution in [-0.4, -0.2) is 63.1 Å². The molecule has 4 unspecified atom stereocenters. The average molecular weight is 405 g/mol. The third kappa shape index (κ3) is 3.90. The topological polar surface area (TPSA) is 69.3 Å². The fourth-order valence-electron chi connectivity index (χ4n) is 5.17. The summed E-state index contributed by atoms with van der Waals surface area (Å²) in [5, 5.41) is 3.15. The van der Waals surface area contributed by atoms with Crippen molar-refractivity contribution in [2.24, 2.45) is 0 Å². The van der Waals surface area contributed by atoms with Gasteiger partial charge in [0.2, 0.25) is 5.75 Å². The number of piperidine rings is 1. The summed E-state index contributed by atoms with van der Waals surface area (Å²) < 4.78 is 22.6. The number of fused-ring (bicyclic) bond motifs is 3. The molecule has 7 heteroatoms. The van der Waals surface area contributed by atoms with Gasteiger partial charge in [0, 0.05) is 11.6 Å². The highest BCUT2D eigenvalue weighted by Gasteiger charge is 2.45. The standard InChI is InChI=1S/C22H32N2O5/c1-26-18-12-14(13-19(27-2)20(18)28-3)21(25)23-22-16-9-6-7-11-24(16)15-8-4-5-10-17(15)29-22/h12-13,15-17,22H,4-11H2,1-3H3,(H,23,25). The van der Waals surface area contributed by atoms with E-state index in [0.29, 0.717) is 28.9 Å². The van der Waals surface area contributed by atoms with Gasteiger partial charge in [0.15, 0.2) is 11.5 Å². The van der Waals surface area contributed by atoms with Crippen molar-refractivity contribution in [1.29, 1.82) is 0 Å². The monoisotopic (exact) mass is 404 g/mol. The van der Waals surface area contributed by atoms with Gasteiger partial charge in [-0.2, -0.15) is 0 Å². The van der Waals surface area contributed by atoms with Crippen LogP contribution in [0.5, 0.6) is 17.2 Å². The van der Waals surface area contributed by atoms with E-state index in [1.807, 2.05) is 0 Å². The van der Waals surface area contributed by atoms with Crippen molar-refractivity contribution >= 4 is 5.91 Å². The number of carbonyl (C=O) groups excluding carboxylic acids is 1. The molecule has 4 atom stereocenters. The molecule has 0 radical (unpaired) electrons. The lowest BCUT2D eigenvalue weighted by molar-refractivity contribution is -0.179. The molecule has 0 aromatic heterocycles. The first-order valence-electron chi connectivity index (χ1n) is 10.7. The van der Waals surface area contributed by atoms with Crippen LogP contribution in [0.2, 0.25) is 0 Å². The zero-order valence-corrected chi connectivity index (χ0v) is 17.6. The summed E-state index contributed by atoms with van der Waals surface area (Å²) in [6.45, 7) is 1.10. The number of rotatable bonds is 5. The fraction of sp³-hybridized carbons (Fsp3) is 0.682. The van der Waals surface area contributed by atoms with Crippen molar-refractivity contribution in [2.45, 2.75) is 69.4 Å². The largest absolute Gasteiger partial charge is 0.493 e. The van der Waals surface area contributed by atoms with Crippen molar-refractivity contribution in [2.75, 3.05) is 27.9 Å². The number of ether oxygens (including phenoxy) is 4. The van der Waals surface area contributed by atoms with Gasteiger partial charge in [0.05, 0.1) is 33.5 Å². The minimum atomic E-state index is -0.291. The summed E-state index contributed by atoms with van der Waals surface area (Å²) in [5.41, 5.74) is 0.469. The van der Waals surface area contributed by atoms with Gasteiger partial charge in [-0.1, -0.05) is 19.3 Å². The number of benzene rings is 1. The Morgan fingerprint density at radius 1 is 0.966 bits per heavy atom. The van der Waals surface area contributed by atoms with Gasteiger partial charge in [-0.3, -0.25) is 9.69 Å². The van der Waals surface area contributed by atoms with Crippen molar-refractivity contribution < 1.29 is 23.7 Å². The van der Waals surface area contributed by atoms with Gasteiger partial charge in [-0.25, -0.2) is 0 Å². The molecule has 29 heavy (non-hydrogen) atoms. The van der Waals surface area contributed by atoms with Gasteiger partial charge in [0.1, 0.15) is 6.23 Å². The maximum atomic E-state index is 13.1. The van der Waals surface area contributed by atoms with E-state index in [2.05, 4.69) is 10.2 Å². The van der Waals surface area contributed by atoms with Gasteiger partial charge in [-0.05, 0) is 44.4 Å². The quantitative estimate of drug-likeness (QED) is 0.814. The van der Waals surface area contributed by atoms with Crippen LogP contribution in [0.25, 0.3) is 0 Å². The van der Waals surface area contributed by atoms with Crippen LogP contribution in [0.1, 0.15) is 55.3 Å². The van der Waals surface area contributed by atoms with E-state index in [0.717, 1.165) is 19.4 Å². The van der Waals surface area contributed by atoms with E-state index in [-0.39, 0.29) is 24.3 Å². The summed E-state index contributed by atoms with van der Waals surface area (Å²) in [5.74, 6) is 1.22. The summed E-state index contributed by atoms with van der Waals surface area (Å²) in [7, 11) is 4.65. The Bertz CT molecular complexity index is 715. The molecular formula is C22H32N2O5. The predicted octanol–water partition coefficient (Wildman–Crippen LogP) is 2.96. The van der Waals surface area contributed by atoms with Gasteiger partial charge >= 0.3 is 0 Å². The van der Waals surface area contributed by atoms with Crippen molar-refractivity contribution in [3.63, 3.8) is 0 Å². The molecule has 2 aliphatic heterocycles. The summed E-state index contributed by atoms with van der Waals surface area (Å²) in [6.07, 6.45) is 8.14. The second-order valence-electron chi connectivity index (χ2n) is 8.14. The Balaban J connectivity index is 1.55. The summed E-state index contributed by atoms with van der Waals surface area (Å²) in [4.78, 5) is 15.7. The normalized spacial score (nSPS) is 29.3. The van der Waals surface area contributed by atoms with Crippen molar-refractivity contribution in [3.8, 4) is 17.2 Å². The van der Waals surface area contributed by atoms with Gasteiger partial charge in [0.25, 0.3) is 5.91 Å². The molecule has 1 N–H and O–H groups in total. The number of amides is 1. The molecule has 1 amide bonds. The van der Waals surface area contributed by atoms with Crippen LogP contribution in [0.4, 0.5) is 0 Å². The van der Waals surface area contributed by atoms with Crippen LogP contribution in [0, 0.1) is 0 Å². The smallest absolute Gasteiger partial charge is 0.253 e. The Morgan fingerprint density at radius 2 is 1.62 bits per heavy atom. The van der Waals surface area contributed by atoms with Crippen LogP contribution in [0.3, 0.4) is 0 Å². The highest BCUT2D eigenvalue weighted by atomic mass is 16.5. The molecule has 3 fully saturated rings. The number of carbonyl (C=O) groups is 1. The molecule has 3 aliphatic rings. The maximum absolute atomic E-state index is 13.1. The molecule has 1 aromatic rings. The van der Waals surface area contributed by atoms with Crippen molar-refractivity contribution in [3.05, 3.63) is 17.7 Å². The van der Waals surface area contributed by atoms with E-state index < -0.39 is 0 Å². The van der Waals surface area contributed by atoms with E-state index in [4.69, 9.17) is 18.9 Å². The second kappa shape index (κ2) is 8.79. The number of nitrogens with zero attached hydrogens (tertiary/aromatic N) is 1. The van der Waals surface area contributed by atoms with Crippen molar-refractivity contribution in [1.82, 2.24) is 10.2 Å². The van der Waals surface area contributed by atoms with E-state index >= 15 is 0 Å². The molecule has 1 aromatic carbocycles. The number of hydrogen-bond donors (Lipinski definition) is 1. The first kappa shape index (κ1) is 20.3. The Kier molecular flexibility index (Phi) is 6.15.